The van der Waals surface area contributed by atoms with E-state index in [9.17, 15) is 4.39 Å². The van der Waals surface area contributed by atoms with Crippen molar-refractivity contribution in [1.29, 1.82) is 0 Å². The third-order valence-electron chi connectivity index (χ3n) is 1.47. The average Bonchev–Trinajstić information content (AvgIpc) is 1.94. The summed E-state index contributed by atoms with van der Waals surface area (Å²) in [6, 6.07) is 2.79. The first-order chi connectivity index (χ1) is 5.11. The lowest BCUT2D eigenvalue weighted by Crippen LogP contribution is -1.98. The highest BCUT2D eigenvalue weighted by atomic mass is 19.1. The highest BCUT2D eigenvalue weighted by Crippen LogP contribution is 2.11. The van der Waals surface area contributed by atoms with E-state index in [1.807, 2.05) is 0 Å². The fraction of sp³-hybridized carbons (Fsp3) is 0.375. The maximum Gasteiger partial charge on any atom is 0.144 e. The van der Waals surface area contributed by atoms with Crippen molar-refractivity contribution in [3.05, 3.63) is 29.3 Å². The minimum Gasteiger partial charge on any atom is -0.387 e. The molecule has 1 N–H and O–H groups in total. The van der Waals surface area contributed by atoms with Gasteiger partial charge in [-0.3, -0.25) is 4.98 Å². The van der Waals surface area contributed by atoms with Crippen molar-refractivity contribution >= 4 is 0 Å². The number of nitrogens with zero attached hydrogens (tertiary/aromatic N) is 1. The smallest absolute Gasteiger partial charge is 0.144 e. The molecular weight excluding hydrogens is 145 g/mol. The van der Waals surface area contributed by atoms with Crippen LogP contribution in [0.3, 0.4) is 0 Å². The SMILES string of the molecule is Cc1nc(C(C)O)ccc1F. The van der Waals surface area contributed by atoms with E-state index in [0.717, 1.165) is 0 Å². The van der Waals surface area contributed by atoms with E-state index < -0.39 is 6.10 Å². The van der Waals surface area contributed by atoms with E-state index in [2.05, 4.69) is 4.98 Å². The third kappa shape index (κ3) is 1.74. The first-order valence-corrected chi connectivity index (χ1v) is 3.42. The number of hydrogen-bond acceptors (Lipinski definition) is 2. The number of aromatic nitrogens is 1. The lowest BCUT2D eigenvalue weighted by atomic mass is 10.2. The summed E-state index contributed by atoms with van der Waals surface area (Å²) in [5.41, 5.74) is 0.826. The predicted octanol–water partition coefficient (Wildman–Crippen LogP) is 1.58. The molecule has 0 aliphatic heterocycles. The topological polar surface area (TPSA) is 33.1 Å². The minimum absolute atomic E-state index is 0.323. The van der Waals surface area contributed by atoms with Crippen LogP contribution >= 0.6 is 0 Å². The van der Waals surface area contributed by atoms with Crippen LogP contribution in [0.25, 0.3) is 0 Å². The van der Waals surface area contributed by atoms with Crippen molar-refractivity contribution in [2.45, 2.75) is 20.0 Å². The summed E-state index contributed by atoms with van der Waals surface area (Å²) in [5, 5.41) is 9.05. The molecule has 60 valence electrons. The van der Waals surface area contributed by atoms with Gasteiger partial charge in [-0.15, -0.1) is 0 Å². The Hall–Kier alpha value is -0.960. The summed E-state index contributed by atoms with van der Waals surface area (Å²) in [6.45, 7) is 3.17. The van der Waals surface area contributed by atoms with Crippen molar-refractivity contribution in [3.8, 4) is 0 Å². The number of hydrogen-bond donors (Lipinski definition) is 1. The Morgan fingerprint density at radius 1 is 1.55 bits per heavy atom. The van der Waals surface area contributed by atoms with Crippen LogP contribution in [0, 0.1) is 12.7 Å². The maximum absolute atomic E-state index is 12.6. The first kappa shape index (κ1) is 8.14. The summed E-state index contributed by atoms with van der Waals surface area (Å²) in [7, 11) is 0. The molecule has 3 heteroatoms. The second-order valence-electron chi connectivity index (χ2n) is 2.48. The second-order valence-corrected chi connectivity index (χ2v) is 2.48. The Balaban J connectivity index is 3.05. The van der Waals surface area contributed by atoms with Gasteiger partial charge in [-0.25, -0.2) is 4.39 Å². The van der Waals surface area contributed by atoms with E-state index in [1.54, 1.807) is 13.8 Å². The minimum atomic E-state index is -0.630. The van der Waals surface area contributed by atoms with E-state index in [1.165, 1.54) is 12.1 Å². The molecule has 0 aliphatic carbocycles. The van der Waals surface area contributed by atoms with Gasteiger partial charge in [0, 0.05) is 0 Å². The molecule has 0 aliphatic rings. The Morgan fingerprint density at radius 2 is 2.18 bits per heavy atom. The molecule has 1 aromatic rings. The fourth-order valence-electron chi connectivity index (χ4n) is 0.796. The van der Waals surface area contributed by atoms with Gasteiger partial charge in [0.1, 0.15) is 5.82 Å². The Labute approximate surface area is 64.7 Å². The first-order valence-electron chi connectivity index (χ1n) is 3.42. The largest absolute Gasteiger partial charge is 0.387 e. The summed E-state index contributed by atoms with van der Waals surface area (Å²) in [6.07, 6.45) is -0.630. The van der Waals surface area contributed by atoms with Crippen molar-refractivity contribution in [2.75, 3.05) is 0 Å². The molecule has 0 radical (unpaired) electrons. The Bertz CT molecular complexity index is 260. The number of pyridine rings is 1. The molecule has 1 unspecified atom stereocenters. The molecule has 0 fully saturated rings. The maximum atomic E-state index is 12.6. The van der Waals surface area contributed by atoms with Crippen LogP contribution in [0.4, 0.5) is 4.39 Å². The zero-order chi connectivity index (χ0) is 8.43. The molecule has 1 atom stereocenters. The highest BCUT2D eigenvalue weighted by Gasteiger charge is 2.04. The molecular formula is C8H10FNO. The molecule has 0 saturated heterocycles. The number of aliphatic hydroxyl groups is 1. The van der Waals surface area contributed by atoms with E-state index >= 15 is 0 Å². The monoisotopic (exact) mass is 155 g/mol. The molecule has 2 nitrogen and oxygen atoms in total. The molecule has 0 aromatic carbocycles. The van der Waals surface area contributed by atoms with Crippen molar-refractivity contribution in [1.82, 2.24) is 4.98 Å². The van der Waals surface area contributed by atoms with Crippen LogP contribution in [0.5, 0.6) is 0 Å². The van der Waals surface area contributed by atoms with Crippen molar-refractivity contribution in [3.63, 3.8) is 0 Å². The van der Waals surface area contributed by atoms with Gasteiger partial charge in [0.05, 0.1) is 17.5 Å². The lowest BCUT2D eigenvalue weighted by Gasteiger charge is -2.03. The molecule has 1 rings (SSSR count). The van der Waals surface area contributed by atoms with E-state index in [4.69, 9.17) is 5.11 Å². The number of aryl methyl sites for hydroxylation is 1. The molecule has 0 saturated carbocycles. The van der Waals surface area contributed by atoms with Gasteiger partial charge >= 0.3 is 0 Å². The van der Waals surface area contributed by atoms with Crippen LogP contribution in [-0.2, 0) is 0 Å². The number of rotatable bonds is 1. The van der Waals surface area contributed by atoms with Gasteiger partial charge < -0.3 is 5.11 Å². The standard InChI is InChI=1S/C8H10FNO/c1-5-7(9)3-4-8(10-5)6(2)11/h3-4,6,11H,1-2H3. The summed E-state index contributed by atoms with van der Waals surface area (Å²) in [5.74, 6) is -0.339. The predicted molar refractivity (Wildman–Crippen MR) is 39.6 cm³/mol. The Kier molecular flexibility index (Phi) is 2.19. The zero-order valence-corrected chi connectivity index (χ0v) is 6.50. The van der Waals surface area contributed by atoms with Gasteiger partial charge in [-0.05, 0) is 26.0 Å². The quantitative estimate of drug-likeness (QED) is 0.668. The zero-order valence-electron chi connectivity index (χ0n) is 6.50. The summed E-state index contributed by atoms with van der Waals surface area (Å²) >= 11 is 0. The summed E-state index contributed by atoms with van der Waals surface area (Å²) in [4.78, 5) is 3.85. The fourth-order valence-corrected chi connectivity index (χ4v) is 0.796. The van der Waals surface area contributed by atoms with Gasteiger partial charge in [-0.2, -0.15) is 0 Å². The number of aliphatic hydroxyl groups excluding tert-OH is 1. The molecule has 1 heterocycles. The average molecular weight is 155 g/mol. The van der Waals surface area contributed by atoms with E-state index in [0.29, 0.717) is 11.4 Å². The van der Waals surface area contributed by atoms with Gasteiger partial charge in [-0.1, -0.05) is 0 Å². The molecule has 11 heavy (non-hydrogen) atoms. The van der Waals surface area contributed by atoms with E-state index in [-0.39, 0.29) is 5.82 Å². The van der Waals surface area contributed by atoms with Gasteiger partial charge in [0.25, 0.3) is 0 Å². The lowest BCUT2D eigenvalue weighted by molar-refractivity contribution is 0.194. The molecule has 1 aromatic heterocycles. The van der Waals surface area contributed by atoms with Gasteiger partial charge in [0.15, 0.2) is 0 Å². The normalized spacial score (nSPS) is 13.1. The number of halogens is 1. The van der Waals surface area contributed by atoms with Gasteiger partial charge in [0.2, 0.25) is 0 Å². The van der Waals surface area contributed by atoms with Crippen LogP contribution in [0.2, 0.25) is 0 Å². The van der Waals surface area contributed by atoms with Crippen LogP contribution in [0.1, 0.15) is 24.4 Å². The van der Waals surface area contributed by atoms with Crippen molar-refractivity contribution in [2.24, 2.45) is 0 Å². The second kappa shape index (κ2) is 2.96. The van der Waals surface area contributed by atoms with Crippen LogP contribution in [0.15, 0.2) is 12.1 Å². The summed E-state index contributed by atoms with van der Waals surface area (Å²) < 4.78 is 12.6. The molecule has 0 amide bonds. The molecule has 0 spiro atoms. The van der Waals surface area contributed by atoms with Crippen molar-refractivity contribution < 1.29 is 9.50 Å². The molecule has 0 bridgehead atoms. The van der Waals surface area contributed by atoms with Crippen LogP contribution in [-0.4, -0.2) is 10.1 Å². The third-order valence-corrected chi connectivity index (χ3v) is 1.47. The Morgan fingerprint density at radius 3 is 2.64 bits per heavy atom. The highest BCUT2D eigenvalue weighted by molar-refractivity contribution is 5.13. The van der Waals surface area contributed by atoms with Crippen LogP contribution < -0.4 is 0 Å².